The Labute approximate surface area is 39.4 Å². The van der Waals surface area contributed by atoms with Gasteiger partial charge < -0.3 is 0 Å². The van der Waals surface area contributed by atoms with Gasteiger partial charge >= 0.3 is 38.2 Å². The van der Waals surface area contributed by atoms with Gasteiger partial charge in [0, 0.05) is 0 Å². The van der Waals surface area contributed by atoms with Crippen molar-refractivity contribution in [3.8, 4) is 0 Å². The van der Waals surface area contributed by atoms with Crippen molar-refractivity contribution in [2.45, 2.75) is 0 Å². The van der Waals surface area contributed by atoms with Gasteiger partial charge in [-0.25, -0.2) is 0 Å². The minimum atomic E-state index is -4.82. The SMILES string of the molecule is O=C(O)[PH](O)(O)O. The third kappa shape index (κ3) is 2.47. The zero-order valence-corrected chi connectivity index (χ0v) is 4.20. The predicted octanol–water partition coefficient (Wildman–Crippen LogP) is -0.864. The number of hydrogen-bond donors (Lipinski definition) is 4. The van der Waals surface area contributed by atoms with Crippen LogP contribution in [0.1, 0.15) is 0 Å². The molecule has 5 nitrogen and oxygen atoms in total. The fourth-order valence-electron chi connectivity index (χ4n) is 0. The summed E-state index contributed by atoms with van der Waals surface area (Å²) in [7, 11) is -4.82. The molecule has 0 radical (unpaired) electrons. The van der Waals surface area contributed by atoms with Gasteiger partial charge in [-0.1, -0.05) is 0 Å². The van der Waals surface area contributed by atoms with Gasteiger partial charge in [-0.3, -0.25) is 0 Å². The first-order valence-corrected chi connectivity index (χ1v) is 3.19. The average Bonchev–Trinajstić information content (AvgIpc) is 1.31. The van der Waals surface area contributed by atoms with E-state index in [0.29, 0.717) is 0 Å². The summed E-state index contributed by atoms with van der Waals surface area (Å²) in [5.74, 6) is 0. The van der Waals surface area contributed by atoms with E-state index < -0.39 is 13.7 Å². The van der Waals surface area contributed by atoms with Crippen LogP contribution in [0, 0.1) is 0 Å². The maximum atomic E-state index is 9.33. The van der Waals surface area contributed by atoms with Crippen LogP contribution < -0.4 is 0 Å². The third-order valence-corrected chi connectivity index (χ3v) is 0.861. The normalized spacial score (nSPS) is 13.6. The van der Waals surface area contributed by atoms with Crippen molar-refractivity contribution in [2.75, 3.05) is 0 Å². The monoisotopic (exact) mass is 128 g/mol. The van der Waals surface area contributed by atoms with Crippen molar-refractivity contribution >= 4 is 13.7 Å². The molecule has 6 heteroatoms. The fourth-order valence-corrected chi connectivity index (χ4v) is 0. The van der Waals surface area contributed by atoms with Crippen LogP contribution >= 0.6 is 7.94 Å². The van der Waals surface area contributed by atoms with Gasteiger partial charge in [0.15, 0.2) is 0 Å². The Morgan fingerprint density at radius 2 is 1.43 bits per heavy atom. The van der Waals surface area contributed by atoms with Crippen molar-refractivity contribution in [1.29, 1.82) is 0 Å². The summed E-state index contributed by atoms with van der Waals surface area (Å²) in [6.45, 7) is 0. The molecule has 0 aliphatic heterocycles. The molecule has 0 saturated carbocycles. The number of carboxylic acid groups (broad SMARTS) is 1. The summed E-state index contributed by atoms with van der Waals surface area (Å²) in [6, 6.07) is 0. The number of rotatable bonds is 1. The zero-order chi connectivity index (χ0) is 6.08. The second-order valence-corrected chi connectivity index (χ2v) is 2.64. The van der Waals surface area contributed by atoms with Gasteiger partial charge in [-0.2, -0.15) is 0 Å². The molecule has 0 aromatic carbocycles. The molecule has 0 bridgehead atoms. The van der Waals surface area contributed by atoms with Crippen molar-refractivity contribution < 1.29 is 24.6 Å². The van der Waals surface area contributed by atoms with Crippen LogP contribution in [-0.2, 0) is 0 Å². The molecule has 0 aliphatic carbocycles. The molecule has 0 aromatic heterocycles. The van der Waals surface area contributed by atoms with Crippen molar-refractivity contribution in [1.82, 2.24) is 0 Å². The standard InChI is InChI=1S/CH5O5P/c2-1(3)7(4,5)6/h4-7H,(H,2,3). The van der Waals surface area contributed by atoms with Crippen LogP contribution in [-0.4, -0.2) is 25.5 Å². The summed E-state index contributed by atoms with van der Waals surface area (Å²) in [5.41, 5.74) is -1.95. The Morgan fingerprint density at radius 3 is 1.43 bits per heavy atom. The molecule has 0 unspecified atom stereocenters. The van der Waals surface area contributed by atoms with Gasteiger partial charge in [0.2, 0.25) is 0 Å². The van der Waals surface area contributed by atoms with Crippen molar-refractivity contribution in [2.24, 2.45) is 0 Å². The second-order valence-electron chi connectivity index (χ2n) is 0.941. The number of hydrogen-bond acceptors (Lipinski definition) is 4. The molecular formula is CH5O5P. The van der Waals surface area contributed by atoms with E-state index in [1.807, 2.05) is 0 Å². The molecule has 7 heavy (non-hydrogen) atoms. The van der Waals surface area contributed by atoms with E-state index in [2.05, 4.69) is 0 Å². The van der Waals surface area contributed by atoms with Crippen LogP contribution in [0.4, 0.5) is 4.79 Å². The first-order chi connectivity index (χ1) is 2.94. The van der Waals surface area contributed by atoms with Crippen molar-refractivity contribution in [3.05, 3.63) is 0 Å². The van der Waals surface area contributed by atoms with Gasteiger partial charge in [0.25, 0.3) is 0 Å². The molecule has 0 saturated heterocycles. The minimum absolute atomic E-state index is 1.95. The van der Waals surface area contributed by atoms with Crippen molar-refractivity contribution in [3.63, 3.8) is 0 Å². The summed E-state index contributed by atoms with van der Waals surface area (Å²) < 4.78 is 0. The fraction of sp³-hybridized carbons (Fsp3) is 0. The molecule has 0 spiro atoms. The Balaban J connectivity index is 3.79. The Kier molecular flexibility index (Phi) is 1.66. The zero-order valence-electron chi connectivity index (χ0n) is 3.20. The van der Waals surface area contributed by atoms with Gasteiger partial charge in [-0.15, -0.1) is 0 Å². The van der Waals surface area contributed by atoms with E-state index in [0.717, 1.165) is 0 Å². The van der Waals surface area contributed by atoms with E-state index in [-0.39, 0.29) is 0 Å². The van der Waals surface area contributed by atoms with Crippen LogP contribution in [0.25, 0.3) is 0 Å². The Bertz CT molecular complexity index is 80.6. The molecule has 0 fully saturated rings. The second kappa shape index (κ2) is 1.71. The van der Waals surface area contributed by atoms with Crippen LogP contribution in [0.5, 0.6) is 0 Å². The number of carbonyl (C=O) groups is 1. The molecule has 0 heterocycles. The average molecular weight is 128 g/mol. The van der Waals surface area contributed by atoms with Gasteiger partial charge in [0.05, 0.1) is 0 Å². The quantitative estimate of drug-likeness (QED) is 0.344. The summed E-state index contributed by atoms with van der Waals surface area (Å²) in [4.78, 5) is 32.6. The molecule has 0 atom stereocenters. The van der Waals surface area contributed by atoms with Crippen LogP contribution in [0.2, 0.25) is 0 Å². The Hall–Kier alpha value is -0.220. The predicted molar refractivity (Wildman–Crippen MR) is 23.0 cm³/mol. The molecule has 0 rings (SSSR count). The van der Waals surface area contributed by atoms with Gasteiger partial charge in [-0.05, 0) is 0 Å². The summed E-state index contributed by atoms with van der Waals surface area (Å²) in [6.07, 6.45) is 0. The topological polar surface area (TPSA) is 98.0 Å². The first kappa shape index (κ1) is 6.78. The molecular weight excluding hydrogens is 123 g/mol. The van der Waals surface area contributed by atoms with Crippen LogP contribution in [0.15, 0.2) is 0 Å². The van der Waals surface area contributed by atoms with E-state index in [1.165, 1.54) is 0 Å². The summed E-state index contributed by atoms with van der Waals surface area (Å²) in [5, 5.41) is 7.56. The Morgan fingerprint density at radius 1 is 1.29 bits per heavy atom. The molecule has 4 N–H and O–H groups in total. The maximum absolute atomic E-state index is 9.33. The van der Waals surface area contributed by atoms with Gasteiger partial charge in [0.1, 0.15) is 0 Å². The van der Waals surface area contributed by atoms with E-state index in [4.69, 9.17) is 19.8 Å². The first-order valence-electron chi connectivity index (χ1n) is 1.35. The molecule has 0 aliphatic rings. The molecule has 0 aromatic rings. The van der Waals surface area contributed by atoms with Crippen LogP contribution in [0.3, 0.4) is 0 Å². The summed E-state index contributed by atoms with van der Waals surface area (Å²) >= 11 is 0. The van der Waals surface area contributed by atoms with E-state index >= 15 is 0 Å². The van der Waals surface area contributed by atoms with E-state index in [1.54, 1.807) is 0 Å². The third-order valence-electron chi connectivity index (χ3n) is 0.287. The molecule has 0 amide bonds. The molecule has 44 valence electrons. The van der Waals surface area contributed by atoms with E-state index in [9.17, 15) is 4.79 Å².